The summed E-state index contributed by atoms with van der Waals surface area (Å²) in [7, 11) is 0. The molecule has 7 nitrogen and oxygen atoms in total. The maximum absolute atomic E-state index is 10.3. The quantitative estimate of drug-likeness (QED) is 0.653. The smallest absolute Gasteiger partial charge is 0.404 e. The van der Waals surface area contributed by atoms with Crippen LogP contribution in [0.25, 0.3) is 0 Å². The first-order chi connectivity index (χ1) is 8.66. The number of hydrogen-bond donors (Lipinski definition) is 3. The van der Waals surface area contributed by atoms with Crippen LogP contribution in [0, 0.1) is 0 Å². The standard InChI is InChI=1S/C11H14N2O5/c12-11(15)16-2-1-13-5-7-3-9-10(4-8(7)14)18-6-17-9/h3-4,13-14H,1-2,5-6H2,(H2,12,15). The SMILES string of the molecule is NC(=O)OCCNCc1cc2c(cc1O)OCO2. The molecule has 0 radical (unpaired) electrons. The zero-order valence-corrected chi connectivity index (χ0v) is 9.64. The van der Waals surface area contributed by atoms with Crippen molar-refractivity contribution in [3.8, 4) is 17.2 Å². The van der Waals surface area contributed by atoms with Crippen LogP contribution in [0.15, 0.2) is 12.1 Å². The second kappa shape index (κ2) is 5.46. The molecule has 98 valence electrons. The lowest BCUT2D eigenvalue weighted by atomic mass is 10.1. The number of aromatic hydroxyl groups is 1. The van der Waals surface area contributed by atoms with Crippen molar-refractivity contribution in [1.29, 1.82) is 0 Å². The number of carbonyl (C=O) groups excluding carboxylic acids is 1. The molecular formula is C11H14N2O5. The highest BCUT2D eigenvalue weighted by Gasteiger charge is 2.16. The molecule has 1 aliphatic heterocycles. The van der Waals surface area contributed by atoms with Gasteiger partial charge in [0.05, 0.1) is 0 Å². The van der Waals surface area contributed by atoms with Gasteiger partial charge in [0.2, 0.25) is 6.79 Å². The average Bonchev–Trinajstić information content (AvgIpc) is 2.75. The van der Waals surface area contributed by atoms with Gasteiger partial charge in [0.1, 0.15) is 12.4 Å². The summed E-state index contributed by atoms with van der Waals surface area (Å²) in [4.78, 5) is 10.3. The number of amides is 1. The lowest BCUT2D eigenvalue weighted by Gasteiger charge is -2.08. The van der Waals surface area contributed by atoms with Crippen molar-refractivity contribution in [3.05, 3.63) is 17.7 Å². The monoisotopic (exact) mass is 254 g/mol. The number of nitrogens with two attached hydrogens (primary N) is 1. The molecule has 1 heterocycles. The van der Waals surface area contributed by atoms with Gasteiger partial charge in [-0.05, 0) is 6.07 Å². The van der Waals surface area contributed by atoms with Crippen molar-refractivity contribution in [2.45, 2.75) is 6.54 Å². The van der Waals surface area contributed by atoms with Crippen molar-refractivity contribution in [2.24, 2.45) is 5.73 Å². The molecule has 0 fully saturated rings. The summed E-state index contributed by atoms with van der Waals surface area (Å²) in [6.07, 6.45) is -0.803. The van der Waals surface area contributed by atoms with Crippen molar-refractivity contribution in [1.82, 2.24) is 5.32 Å². The highest BCUT2D eigenvalue weighted by Crippen LogP contribution is 2.37. The van der Waals surface area contributed by atoms with Crippen LogP contribution in [-0.2, 0) is 11.3 Å². The number of ether oxygens (including phenoxy) is 3. The lowest BCUT2D eigenvalue weighted by molar-refractivity contribution is 0.157. The molecule has 0 spiro atoms. The lowest BCUT2D eigenvalue weighted by Crippen LogP contribution is -2.23. The number of primary amides is 1. The molecule has 4 N–H and O–H groups in total. The van der Waals surface area contributed by atoms with Crippen molar-refractivity contribution < 1.29 is 24.1 Å². The van der Waals surface area contributed by atoms with E-state index in [0.29, 0.717) is 30.2 Å². The van der Waals surface area contributed by atoms with E-state index in [0.717, 1.165) is 0 Å². The molecule has 1 aromatic carbocycles. The Hall–Kier alpha value is -2.15. The fourth-order valence-electron chi connectivity index (χ4n) is 1.56. The minimum Gasteiger partial charge on any atom is -0.507 e. The van der Waals surface area contributed by atoms with Gasteiger partial charge in [-0.2, -0.15) is 0 Å². The average molecular weight is 254 g/mol. The van der Waals surface area contributed by atoms with Crippen LogP contribution >= 0.6 is 0 Å². The summed E-state index contributed by atoms with van der Waals surface area (Å²) in [5.41, 5.74) is 5.49. The maximum atomic E-state index is 10.3. The number of nitrogens with one attached hydrogen (secondary N) is 1. The summed E-state index contributed by atoms with van der Waals surface area (Å²) in [6.45, 7) is 1.21. The molecule has 0 unspecified atom stereocenters. The Bertz CT molecular complexity index is 449. The molecule has 18 heavy (non-hydrogen) atoms. The van der Waals surface area contributed by atoms with E-state index in [1.165, 1.54) is 6.07 Å². The Balaban J connectivity index is 1.84. The number of benzene rings is 1. The maximum Gasteiger partial charge on any atom is 0.404 e. The molecule has 0 aromatic heterocycles. The van der Waals surface area contributed by atoms with E-state index in [-0.39, 0.29) is 19.1 Å². The molecule has 1 aliphatic rings. The Labute approximate surface area is 103 Å². The Morgan fingerprint density at radius 2 is 2.17 bits per heavy atom. The molecule has 1 amide bonds. The van der Waals surface area contributed by atoms with E-state index in [1.54, 1.807) is 6.07 Å². The molecule has 0 saturated carbocycles. The number of rotatable bonds is 5. The van der Waals surface area contributed by atoms with E-state index in [9.17, 15) is 9.90 Å². The molecule has 2 rings (SSSR count). The molecular weight excluding hydrogens is 240 g/mol. The Morgan fingerprint density at radius 3 is 2.89 bits per heavy atom. The normalized spacial score (nSPS) is 12.4. The highest BCUT2D eigenvalue weighted by atomic mass is 16.7. The summed E-state index contributed by atoms with van der Waals surface area (Å²) in [5.74, 6) is 1.27. The van der Waals surface area contributed by atoms with Crippen LogP contribution < -0.4 is 20.5 Å². The van der Waals surface area contributed by atoms with Crippen LogP contribution in [0.4, 0.5) is 4.79 Å². The second-order valence-corrected chi connectivity index (χ2v) is 3.68. The largest absolute Gasteiger partial charge is 0.507 e. The number of phenolic OH excluding ortho intramolecular Hbond substituents is 1. The van der Waals surface area contributed by atoms with Gasteiger partial charge in [-0.15, -0.1) is 0 Å². The number of carbonyl (C=O) groups is 1. The first-order valence-corrected chi connectivity index (χ1v) is 5.41. The van der Waals surface area contributed by atoms with Gasteiger partial charge in [-0.3, -0.25) is 0 Å². The molecule has 1 aromatic rings. The van der Waals surface area contributed by atoms with Crippen LogP contribution in [0.5, 0.6) is 17.2 Å². The van der Waals surface area contributed by atoms with E-state index in [1.807, 2.05) is 0 Å². The van der Waals surface area contributed by atoms with Crippen molar-refractivity contribution in [2.75, 3.05) is 19.9 Å². The van der Waals surface area contributed by atoms with E-state index < -0.39 is 6.09 Å². The number of phenols is 1. The topological polar surface area (TPSA) is 103 Å². The zero-order valence-electron chi connectivity index (χ0n) is 9.64. The van der Waals surface area contributed by atoms with E-state index in [4.69, 9.17) is 15.2 Å². The minimum absolute atomic E-state index is 0.127. The van der Waals surface area contributed by atoms with Crippen LogP contribution in [0.3, 0.4) is 0 Å². The Kier molecular flexibility index (Phi) is 3.73. The second-order valence-electron chi connectivity index (χ2n) is 3.68. The molecule has 7 heteroatoms. The van der Waals surface area contributed by atoms with Crippen LogP contribution in [0.2, 0.25) is 0 Å². The number of fused-ring (bicyclic) bond motifs is 1. The number of hydrogen-bond acceptors (Lipinski definition) is 6. The third-order valence-electron chi connectivity index (χ3n) is 2.41. The third kappa shape index (κ3) is 2.95. The van der Waals surface area contributed by atoms with Gasteiger partial charge in [-0.25, -0.2) is 4.79 Å². The predicted octanol–water partition coefficient (Wildman–Crippen LogP) is 0.306. The summed E-state index contributed by atoms with van der Waals surface area (Å²) >= 11 is 0. The molecule has 0 atom stereocenters. The summed E-state index contributed by atoms with van der Waals surface area (Å²) < 4.78 is 14.9. The third-order valence-corrected chi connectivity index (χ3v) is 2.41. The van der Waals surface area contributed by atoms with E-state index in [2.05, 4.69) is 10.1 Å². The summed E-state index contributed by atoms with van der Waals surface area (Å²) in [6, 6.07) is 3.22. The van der Waals surface area contributed by atoms with Gasteiger partial charge in [-0.1, -0.05) is 0 Å². The van der Waals surface area contributed by atoms with Crippen molar-refractivity contribution >= 4 is 6.09 Å². The molecule has 0 aliphatic carbocycles. The first-order valence-electron chi connectivity index (χ1n) is 5.41. The van der Waals surface area contributed by atoms with Gasteiger partial charge < -0.3 is 30.4 Å². The van der Waals surface area contributed by atoms with Crippen molar-refractivity contribution in [3.63, 3.8) is 0 Å². The first kappa shape index (κ1) is 12.3. The zero-order chi connectivity index (χ0) is 13.0. The van der Waals surface area contributed by atoms with Gasteiger partial charge in [0, 0.05) is 24.7 Å². The fourth-order valence-corrected chi connectivity index (χ4v) is 1.56. The minimum atomic E-state index is -0.803. The van der Waals surface area contributed by atoms with Crippen LogP contribution in [0.1, 0.15) is 5.56 Å². The molecule has 0 saturated heterocycles. The molecule has 0 bridgehead atoms. The van der Waals surface area contributed by atoms with Gasteiger partial charge in [0.15, 0.2) is 11.5 Å². The Morgan fingerprint density at radius 1 is 1.44 bits per heavy atom. The summed E-state index contributed by atoms with van der Waals surface area (Å²) in [5, 5.41) is 12.7. The van der Waals surface area contributed by atoms with Gasteiger partial charge >= 0.3 is 6.09 Å². The van der Waals surface area contributed by atoms with Gasteiger partial charge in [0.25, 0.3) is 0 Å². The fraction of sp³-hybridized carbons (Fsp3) is 0.364. The predicted molar refractivity (Wildman–Crippen MR) is 61.5 cm³/mol. The van der Waals surface area contributed by atoms with E-state index >= 15 is 0 Å². The highest BCUT2D eigenvalue weighted by molar-refractivity contribution is 5.64. The van der Waals surface area contributed by atoms with Crippen LogP contribution in [-0.4, -0.2) is 31.1 Å².